The van der Waals surface area contributed by atoms with Crippen LogP contribution in [0.2, 0.25) is 5.02 Å². The molecular formula is C19H18ClFN4S. The molecule has 0 aliphatic heterocycles. The monoisotopic (exact) mass is 388 g/mol. The van der Waals surface area contributed by atoms with Gasteiger partial charge in [0.1, 0.15) is 5.82 Å². The minimum atomic E-state index is -0.345. The van der Waals surface area contributed by atoms with E-state index in [2.05, 4.69) is 15.7 Å². The van der Waals surface area contributed by atoms with E-state index in [-0.39, 0.29) is 12.4 Å². The molecule has 7 heteroatoms. The van der Waals surface area contributed by atoms with E-state index in [4.69, 9.17) is 23.8 Å². The Kier molecular flexibility index (Phi) is 5.85. The third-order valence-corrected chi connectivity index (χ3v) is 4.49. The quantitative estimate of drug-likeness (QED) is 0.630. The highest BCUT2D eigenvalue weighted by atomic mass is 35.5. The summed E-state index contributed by atoms with van der Waals surface area (Å²) in [6.45, 7) is 2.77. The van der Waals surface area contributed by atoms with E-state index in [1.807, 2.05) is 43.3 Å². The van der Waals surface area contributed by atoms with Crippen molar-refractivity contribution in [2.24, 2.45) is 0 Å². The molecule has 0 unspecified atom stereocenters. The van der Waals surface area contributed by atoms with Crippen LogP contribution in [0, 0.1) is 12.7 Å². The fourth-order valence-electron chi connectivity index (χ4n) is 2.50. The van der Waals surface area contributed by atoms with Crippen molar-refractivity contribution >= 4 is 34.7 Å². The molecule has 134 valence electrons. The molecule has 0 saturated carbocycles. The second-order valence-electron chi connectivity index (χ2n) is 5.82. The summed E-state index contributed by atoms with van der Waals surface area (Å²) in [7, 11) is 0. The van der Waals surface area contributed by atoms with Crippen LogP contribution in [0.25, 0.3) is 0 Å². The number of nitrogens with zero attached hydrogens (tertiary/aromatic N) is 2. The second-order valence-corrected chi connectivity index (χ2v) is 6.64. The van der Waals surface area contributed by atoms with Crippen LogP contribution in [0.15, 0.2) is 54.6 Å². The van der Waals surface area contributed by atoms with Crippen LogP contribution >= 0.6 is 23.8 Å². The fraction of sp³-hybridized carbons (Fsp3) is 0.158. The van der Waals surface area contributed by atoms with Gasteiger partial charge >= 0.3 is 0 Å². The molecule has 0 atom stereocenters. The first-order valence-corrected chi connectivity index (χ1v) is 8.87. The molecule has 1 aromatic heterocycles. The van der Waals surface area contributed by atoms with Gasteiger partial charge in [-0.2, -0.15) is 5.10 Å². The summed E-state index contributed by atoms with van der Waals surface area (Å²) in [5, 5.41) is 11.5. The van der Waals surface area contributed by atoms with Gasteiger partial charge in [0.15, 0.2) is 10.9 Å². The van der Waals surface area contributed by atoms with Gasteiger partial charge in [-0.15, -0.1) is 0 Å². The normalized spacial score (nSPS) is 10.6. The molecule has 2 N–H and O–H groups in total. The molecule has 0 fully saturated rings. The third kappa shape index (κ3) is 4.59. The second kappa shape index (κ2) is 8.29. The van der Waals surface area contributed by atoms with Gasteiger partial charge in [0.05, 0.1) is 6.54 Å². The largest absolute Gasteiger partial charge is 0.358 e. The summed E-state index contributed by atoms with van der Waals surface area (Å²) >= 11 is 11.4. The smallest absolute Gasteiger partial charge is 0.172 e. The summed E-state index contributed by atoms with van der Waals surface area (Å²) in [4.78, 5) is 0. The number of rotatable bonds is 5. The Morgan fingerprint density at radius 1 is 1.19 bits per heavy atom. The van der Waals surface area contributed by atoms with Gasteiger partial charge in [-0.1, -0.05) is 48.0 Å². The van der Waals surface area contributed by atoms with E-state index in [0.717, 1.165) is 11.3 Å². The first-order valence-electron chi connectivity index (χ1n) is 8.09. The van der Waals surface area contributed by atoms with Crippen molar-refractivity contribution in [3.63, 3.8) is 0 Å². The molecule has 0 radical (unpaired) electrons. The first-order chi connectivity index (χ1) is 12.5. The van der Waals surface area contributed by atoms with Crippen LogP contribution in [0.5, 0.6) is 0 Å². The van der Waals surface area contributed by atoms with E-state index in [1.54, 1.807) is 16.8 Å². The molecule has 3 rings (SSSR count). The molecule has 4 nitrogen and oxygen atoms in total. The number of thiocarbonyl (C=S) groups is 1. The molecule has 3 aromatic rings. The van der Waals surface area contributed by atoms with Crippen LogP contribution in [0.1, 0.15) is 16.8 Å². The number of aromatic nitrogens is 2. The van der Waals surface area contributed by atoms with E-state index < -0.39 is 0 Å². The number of nitrogens with one attached hydrogen (secondary N) is 2. The molecule has 0 aliphatic rings. The Morgan fingerprint density at radius 2 is 1.96 bits per heavy atom. The average Bonchev–Trinajstić information content (AvgIpc) is 2.96. The van der Waals surface area contributed by atoms with E-state index >= 15 is 0 Å². The van der Waals surface area contributed by atoms with Gasteiger partial charge in [0.2, 0.25) is 0 Å². The SMILES string of the molecule is Cc1cc(NC(=S)NCc2ccccc2)nn1Cc1c(F)cccc1Cl. The van der Waals surface area contributed by atoms with Gasteiger partial charge < -0.3 is 10.6 Å². The van der Waals surface area contributed by atoms with Crippen LogP contribution in [0.3, 0.4) is 0 Å². The number of aryl methyl sites for hydroxylation is 1. The minimum Gasteiger partial charge on any atom is -0.358 e. The molecule has 0 bridgehead atoms. The highest BCUT2D eigenvalue weighted by Gasteiger charge is 2.11. The molecule has 26 heavy (non-hydrogen) atoms. The number of hydrogen-bond acceptors (Lipinski definition) is 2. The van der Waals surface area contributed by atoms with Gasteiger partial charge in [0.25, 0.3) is 0 Å². The van der Waals surface area contributed by atoms with E-state index in [0.29, 0.717) is 28.1 Å². The zero-order valence-corrected chi connectivity index (χ0v) is 15.7. The number of hydrogen-bond donors (Lipinski definition) is 2. The highest BCUT2D eigenvalue weighted by molar-refractivity contribution is 7.80. The molecule has 0 saturated heterocycles. The topological polar surface area (TPSA) is 41.9 Å². The molecule has 1 heterocycles. The number of halogens is 2. The lowest BCUT2D eigenvalue weighted by Crippen LogP contribution is -2.28. The van der Waals surface area contributed by atoms with Crippen molar-refractivity contribution in [2.75, 3.05) is 5.32 Å². The number of benzene rings is 2. The maximum atomic E-state index is 14.0. The maximum absolute atomic E-state index is 14.0. The summed E-state index contributed by atoms with van der Waals surface area (Å²) in [5.41, 5.74) is 2.42. The van der Waals surface area contributed by atoms with Crippen LogP contribution in [0.4, 0.5) is 10.2 Å². The van der Waals surface area contributed by atoms with Crippen molar-refractivity contribution < 1.29 is 4.39 Å². The Bertz CT molecular complexity index is 891. The van der Waals surface area contributed by atoms with Gasteiger partial charge in [-0.25, -0.2) is 4.39 Å². The summed E-state index contributed by atoms with van der Waals surface area (Å²) in [6.07, 6.45) is 0. The standard InChI is InChI=1S/C19H18ClFN4S/c1-13-10-18(23-19(26)22-11-14-6-3-2-4-7-14)24-25(13)12-15-16(20)8-5-9-17(15)21/h2-10H,11-12H2,1H3,(H2,22,23,24,26). The minimum absolute atomic E-state index is 0.253. The zero-order chi connectivity index (χ0) is 18.5. The summed E-state index contributed by atoms with van der Waals surface area (Å²) in [6, 6.07) is 16.5. The van der Waals surface area contributed by atoms with Crippen molar-refractivity contribution in [3.8, 4) is 0 Å². The Balaban J connectivity index is 1.63. The van der Waals surface area contributed by atoms with Gasteiger partial charge in [0, 0.05) is 28.9 Å². The lowest BCUT2D eigenvalue weighted by Gasteiger charge is -2.09. The molecule has 0 aliphatic carbocycles. The molecule has 0 amide bonds. The van der Waals surface area contributed by atoms with E-state index in [9.17, 15) is 4.39 Å². The lowest BCUT2D eigenvalue weighted by atomic mass is 10.2. The average molecular weight is 389 g/mol. The van der Waals surface area contributed by atoms with Crippen molar-refractivity contribution in [3.05, 3.63) is 82.3 Å². The zero-order valence-electron chi connectivity index (χ0n) is 14.2. The van der Waals surface area contributed by atoms with Crippen molar-refractivity contribution in [1.29, 1.82) is 0 Å². The Morgan fingerprint density at radius 3 is 2.69 bits per heavy atom. The van der Waals surface area contributed by atoms with Crippen LogP contribution < -0.4 is 10.6 Å². The van der Waals surface area contributed by atoms with Gasteiger partial charge in [-0.05, 0) is 36.8 Å². The lowest BCUT2D eigenvalue weighted by molar-refractivity contribution is 0.581. The highest BCUT2D eigenvalue weighted by Crippen LogP contribution is 2.21. The predicted molar refractivity (Wildman–Crippen MR) is 107 cm³/mol. The molecule has 2 aromatic carbocycles. The van der Waals surface area contributed by atoms with Crippen LogP contribution in [-0.4, -0.2) is 14.9 Å². The van der Waals surface area contributed by atoms with E-state index in [1.165, 1.54) is 6.07 Å². The fourth-order valence-corrected chi connectivity index (χ4v) is 2.90. The molecule has 0 spiro atoms. The Hall–Kier alpha value is -2.44. The molecular weight excluding hydrogens is 371 g/mol. The van der Waals surface area contributed by atoms with Crippen LogP contribution in [-0.2, 0) is 13.1 Å². The predicted octanol–water partition coefficient (Wildman–Crippen LogP) is 4.52. The van der Waals surface area contributed by atoms with Crippen molar-refractivity contribution in [2.45, 2.75) is 20.0 Å². The number of anilines is 1. The summed E-state index contributed by atoms with van der Waals surface area (Å²) < 4.78 is 15.7. The first kappa shape index (κ1) is 18.4. The maximum Gasteiger partial charge on any atom is 0.172 e. The van der Waals surface area contributed by atoms with Gasteiger partial charge in [-0.3, -0.25) is 4.68 Å². The van der Waals surface area contributed by atoms with Crippen molar-refractivity contribution in [1.82, 2.24) is 15.1 Å². The third-order valence-electron chi connectivity index (χ3n) is 3.89. The Labute approximate surface area is 162 Å². The summed E-state index contributed by atoms with van der Waals surface area (Å²) in [5.74, 6) is 0.252.